The van der Waals surface area contributed by atoms with Gasteiger partial charge in [-0.2, -0.15) is 0 Å². The maximum atomic E-state index is 13.6. The van der Waals surface area contributed by atoms with Gasteiger partial charge in [0.2, 0.25) is 0 Å². The lowest BCUT2D eigenvalue weighted by molar-refractivity contribution is 0.222. The van der Waals surface area contributed by atoms with Crippen LogP contribution in [0.2, 0.25) is 0 Å². The van der Waals surface area contributed by atoms with E-state index in [0.717, 1.165) is 17.7 Å². The normalized spacial score (nSPS) is 11.4. The smallest absolute Gasteiger partial charge is 0.127 e. The molecule has 0 fully saturated rings. The largest absolute Gasteiger partial charge is 0.326 e. The second kappa shape index (κ2) is 5.97. The molecule has 0 aliphatic rings. The van der Waals surface area contributed by atoms with Crippen LogP contribution in [-0.2, 0) is 13.1 Å². The van der Waals surface area contributed by atoms with Gasteiger partial charge in [0.05, 0.1) is 0 Å². The van der Waals surface area contributed by atoms with Crippen LogP contribution < -0.4 is 5.73 Å². The zero-order chi connectivity index (χ0) is 12.1. The second-order valence-electron chi connectivity index (χ2n) is 4.29. The number of hydrogen-bond donors (Lipinski definition) is 1. The summed E-state index contributed by atoms with van der Waals surface area (Å²) >= 11 is 0. The highest BCUT2D eigenvalue weighted by Gasteiger charge is 2.11. The molecule has 0 saturated heterocycles. The summed E-state index contributed by atoms with van der Waals surface area (Å²) in [6.07, 6.45) is 0. The molecule has 0 unspecified atom stereocenters. The second-order valence-corrected chi connectivity index (χ2v) is 4.29. The Morgan fingerprint density at radius 2 is 2.06 bits per heavy atom. The molecule has 0 heterocycles. The van der Waals surface area contributed by atoms with E-state index in [0.29, 0.717) is 19.1 Å². The number of benzene rings is 1. The van der Waals surface area contributed by atoms with Crippen molar-refractivity contribution in [3.63, 3.8) is 0 Å². The van der Waals surface area contributed by atoms with Crippen molar-refractivity contribution < 1.29 is 4.39 Å². The van der Waals surface area contributed by atoms with Crippen LogP contribution in [0.1, 0.15) is 31.9 Å². The Kier molecular flexibility index (Phi) is 4.90. The lowest BCUT2D eigenvalue weighted by Crippen LogP contribution is -2.30. The van der Waals surface area contributed by atoms with Crippen molar-refractivity contribution in [2.24, 2.45) is 5.73 Å². The van der Waals surface area contributed by atoms with E-state index in [9.17, 15) is 4.39 Å². The summed E-state index contributed by atoms with van der Waals surface area (Å²) in [5.41, 5.74) is 7.27. The first-order valence-electron chi connectivity index (χ1n) is 5.79. The molecule has 0 atom stereocenters. The number of halogens is 1. The van der Waals surface area contributed by atoms with E-state index >= 15 is 0 Å². The number of rotatable bonds is 5. The van der Waals surface area contributed by atoms with Gasteiger partial charge in [-0.25, -0.2) is 4.39 Å². The van der Waals surface area contributed by atoms with Gasteiger partial charge in [0, 0.05) is 24.7 Å². The SMILES string of the molecule is CCN(Cc1cc(CN)ccc1F)C(C)C. The first-order valence-corrected chi connectivity index (χ1v) is 5.79. The molecule has 2 nitrogen and oxygen atoms in total. The van der Waals surface area contributed by atoms with Crippen molar-refractivity contribution >= 4 is 0 Å². The van der Waals surface area contributed by atoms with Gasteiger partial charge in [-0.15, -0.1) is 0 Å². The van der Waals surface area contributed by atoms with Crippen molar-refractivity contribution in [2.75, 3.05) is 6.54 Å². The van der Waals surface area contributed by atoms with Gasteiger partial charge in [-0.3, -0.25) is 4.90 Å². The first kappa shape index (κ1) is 13.1. The highest BCUT2D eigenvalue weighted by molar-refractivity contribution is 5.25. The molecule has 1 aromatic rings. The van der Waals surface area contributed by atoms with Crippen LogP contribution in [0.4, 0.5) is 4.39 Å². The van der Waals surface area contributed by atoms with E-state index in [1.165, 1.54) is 6.07 Å². The lowest BCUT2D eigenvalue weighted by atomic mass is 10.1. The lowest BCUT2D eigenvalue weighted by Gasteiger charge is -2.25. The molecule has 0 radical (unpaired) electrons. The molecular weight excluding hydrogens is 203 g/mol. The van der Waals surface area contributed by atoms with Gasteiger partial charge in [-0.1, -0.05) is 19.1 Å². The van der Waals surface area contributed by atoms with Crippen molar-refractivity contribution in [1.29, 1.82) is 0 Å². The molecule has 0 aliphatic heterocycles. The average Bonchev–Trinajstić information content (AvgIpc) is 2.27. The molecule has 90 valence electrons. The van der Waals surface area contributed by atoms with Gasteiger partial charge >= 0.3 is 0 Å². The molecule has 0 aliphatic carbocycles. The van der Waals surface area contributed by atoms with Crippen LogP contribution >= 0.6 is 0 Å². The van der Waals surface area contributed by atoms with E-state index in [1.54, 1.807) is 6.07 Å². The number of nitrogens with zero attached hydrogens (tertiary/aromatic N) is 1. The van der Waals surface area contributed by atoms with Crippen molar-refractivity contribution in [1.82, 2.24) is 4.90 Å². The summed E-state index contributed by atoms with van der Waals surface area (Å²) in [5.74, 6) is -0.142. The molecular formula is C13H21FN2. The molecule has 3 heteroatoms. The van der Waals surface area contributed by atoms with Crippen LogP contribution in [0, 0.1) is 5.82 Å². The summed E-state index contributed by atoms with van der Waals surface area (Å²) in [5, 5.41) is 0. The summed E-state index contributed by atoms with van der Waals surface area (Å²) in [6.45, 7) is 8.35. The van der Waals surface area contributed by atoms with Crippen LogP contribution in [0.5, 0.6) is 0 Å². The number of hydrogen-bond acceptors (Lipinski definition) is 2. The summed E-state index contributed by atoms with van der Waals surface area (Å²) in [6, 6.07) is 5.53. The predicted molar refractivity (Wildman–Crippen MR) is 65.5 cm³/mol. The molecule has 0 bridgehead atoms. The molecule has 2 N–H and O–H groups in total. The van der Waals surface area contributed by atoms with Gasteiger partial charge in [0.1, 0.15) is 5.82 Å². The Hall–Kier alpha value is -0.930. The highest BCUT2D eigenvalue weighted by Crippen LogP contribution is 2.14. The molecule has 0 spiro atoms. The minimum atomic E-state index is -0.142. The third-order valence-electron chi connectivity index (χ3n) is 2.86. The Labute approximate surface area is 97.3 Å². The van der Waals surface area contributed by atoms with E-state index in [-0.39, 0.29) is 5.82 Å². The van der Waals surface area contributed by atoms with E-state index in [4.69, 9.17) is 5.73 Å². The maximum Gasteiger partial charge on any atom is 0.127 e. The molecule has 16 heavy (non-hydrogen) atoms. The topological polar surface area (TPSA) is 29.3 Å². The number of nitrogens with two attached hydrogens (primary N) is 1. The third kappa shape index (κ3) is 3.29. The maximum absolute atomic E-state index is 13.6. The highest BCUT2D eigenvalue weighted by atomic mass is 19.1. The van der Waals surface area contributed by atoms with E-state index < -0.39 is 0 Å². The Bertz CT molecular complexity index is 337. The standard InChI is InChI=1S/C13H21FN2/c1-4-16(10(2)3)9-12-7-11(8-15)5-6-13(12)14/h5-7,10H,4,8-9,15H2,1-3H3. The van der Waals surface area contributed by atoms with Crippen molar-refractivity contribution in [2.45, 2.75) is 39.9 Å². The van der Waals surface area contributed by atoms with Gasteiger partial charge < -0.3 is 5.73 Å². The average molecular weight is 224 g/mol. The molecule has 1 rings (SSSR count). The minimum Gasteiger partial charge on any atom is -0.326 e. The fourth-order valence-corrected chi connectivity index (χ4v) is 1.75. The van der Waals surface area contributed by atoms with Crippen LogP contribution in [0.3, 0.4) is 0 Å². The predicted octanol–water partition coefficient (Wildman–Crippen LogP) is 2.51. The van der Waals surface area contributed by atoms with E-state index in [1.807, 2.05) is 6.07 Å². The van der Waals surface area contributed by atoms with Gasteiger partial charge in [0.25, 0.3) is 0 Å². The van der Waals surface area contributed by atoms with Crippen molar-refractivity contribution in [3.05, 3.63) is 35.1 Å². The first-order chi connectivity index (χ1) is 7.58. The van der Waals surface area contributed by atoms with Crippen LogP contribution in [-0.4, -0.2) is 17.5 Å². The van der Waals surface area contributed by atoms with Crippen LogP contribution in [0.15, 0.2) is 18.2 Å². The van der Waals surface area contributed by atoms with E-state index in [2.05, 4.69) is 25.7 Å². The monoisotopic (exact) mass is 224 g/mol. The molecule has 0 aromatic heterocycles. The summed E-state index contributed by atoms with van der Waals surface area (Å²) in [7, 11) is 0. The summed E-state index contributed by atoms with van der Waals surface area (Å²) < 4.78 is 13.6. The molecule has 1 aromatic carbocycles. The zero-order valence-corrected chi connectivity index (χ0v) is 10.3. The zero-order valence-electron chi connectivity index (χ0n) is 10.3. The molecule has 0 amide bonds. The van der Waals surface area contributed by atoms with Crippen LogP contribution in [0.25, 0.3) is 0 Å². The fraction of sp³-hybridized carbons (Fsp3) is 0.538. The third-order valence-corrected chi connectivity index (χ3v) is 2.86. The Morgan fingerprint density at radius 3 is 2.56 bits per heavy atom. The van der Waals surface area contributed by atoms with Gasteiger partial charge in [-0.05, 0) is 32.0 Å². The Morgan fingerprint density at radius 1 is 1.38 bits per heavy atom. The minimum absolute atomic E-state index is 0.142. The quantitative estimate of drug-likeness (QED) is 0.832. The van der Waals surface area contributed by atoms with Gasteiger partial charge in [0.15, 0.2) is 0 Å². The summed E-state index contributed by atoms with van der Waals surface area (Å²) in [4.78, 5) is 2.22. The molecule has 0 saturated carbocycles. The van der Waals surface area contributed by atoms with Crippen molar-refractivity contribution in [3.8, 4) is 0 Å². The Balaban J connectivity index is 2.86. The fourth-order valence-electron chi connectivity index (χ4n) is 1.75.